The highest BCUT2D eigenvalue weighted by atomic mass is 79.9. The Morgan fingerprint density at radius 2 is 1.74 bits per heavy atom. The molecule has 0 spiro atoms. The van der Waals surface area contributed by atoms with Crippen molar-refractivity contribution in [2.24, 2.45) is 0 Å². The molecule has 1 amide bonds. The first-order chi connectivity index (χ1) is 8.97. The second kappa shape index (κ2) is 5.75. The Morgan fingerprint density at radius 1 is 1.11 bits per heavy atom. The number of nitrogen functional groups attached to an aromatic ring is 1. The zero-order valence-electron chi connectivity index (χ0n) is 10.2. The molecule has 98 valence electrons. The Hall–Kier alpha value is -1.33. The van der Waals surface area contributed by atoms with Crippen LogP contribution in [0.5, 0.6) is 0 Å². The van der Waals surface area contributed by atoms with Crippen LogP contribution < -0.4 is 11.1 Å². The highest BCUT2D eigenvalue weighted by Gasteiger charge is 2.11. The number of nitrogens with one attached hydrogen (secondary N) is 1. The number of nitrogens with two attached hydrogens (primary N) is 1. The maximum atomic E-state index is 12.2. The topological polar surface area (TPSA) is 55.1 Å². The Kier molecular flexibility index (Phi) is 4.27. The van der Waals surface area contributed by atoms with Gasteiger partial charge in [-0.05, 0) is 48.9 Å². The monoisotopic (exact) mass is 382 g/mol. The average Bonchev–Trinajstić information content (AvgIpc) is 2.32. The van der Waals surface area contributed by atoms with Crippen molar-refractivity contribution in [3.8, 4) is 0 Å². The van der Waals surface area contributed by atoms with E-state index >= 15 is 0 Å². The summed E-state index contributed by atoms with van der Waals surface area (Å²) in [5, 5.41) is 2.86. The highest BCUT2D eigenvalue weighted by Crippen LogP contribution is 2.23. The van der Waals surface area contributed by atoms with Gasteiger partial charge in [-0.1, -0.05) is 31.9 Å². The summed E-state index contributed by atoms with van der Waals surface area (Å²) in [5.74, 6) is -0.213. The van der Waals surface area contributed by atoms with Crippen LogP contribution in [0.4, 0.5) is 11.4 Å². The van der Waals surface area contributed by atoms with Gasteiger partial charge >= 0.3 is 0 Å². The van der Waals surface area contributed by atoms with Crippen molar-refractivity contribution in [2.75, 3.05) is 11.1 Å². The van der Waals surface area contributed by atoms with E-state index in [9.17, 15) is 4.79 Å². The van der Waals surface area contributed by atoms with Crippen LogP contribution in [-0.4, -0.2) is 5.91 Å². The number of anilines is 2. The summed E-state index contributed by atoms with van der Waals surface area (Å²) in [6.45, 7) is 1.94. The van der Waals surface area contributed by atoms with Gasteiger partial charge < -0.3 is 11.1 Å². The molecule has 0 bridgehead atoms. The number of hydrogen-bond donors (Lipinski definition) is 2. The van der Waals surface area contributed by atoms with Crippen LogP contribution in [-0.2, 0) is 0 Å². The summed E-state index contributed by atoms with van der Waals surface area (Å²) in [7, 11) is 0. The molecule has 3 nitrogen and oxygen atoms in total. The summed E-state index contributed by atoms with van der Waals surface area (Å²) in [6, 6.07) is 10.9. The van der Waals surface area contributed by atoms with Gasteiger partial charge in [-0.25, -0.2) is 0 Å². The first-order valence-corrected chi connectivity index (χ1v) is 7.18. The van der Waals surface area contributed by atoms with Crippen molar-refractivity contribution in [2.45, 2.75) is 6.92 Å². The molecule has 5 heteroatoms. The van der Waals surface area contributed by atoms with Gasteiger partial charge in [0.05, 0.1) is 5.56 Å². The number of carbonyl (C=O) groups excluding carboxylic acids is 1. The van der Waals surface area contributed by atoms with E-state index in [4.69, 9.17) is 5.73 Å². The molecule has 19 heavy (non-hydrogen) atoms. The first-order valence-electron chi connectivity index (χ1n) is 5.60. The molecule has 3 N–H and O–H groups in total. The van der Waals surface area contributed by atoms with Crippen LogP contribution in [0.3, 0.4) is 0 Å². The van der Waals surface area contributed by atoms with E-state index in [1.165, 1.54) is 0 Å². The molecule has 0 saturated carbocycles. The number of hydrogen-bond acceptors (Lipinski definition) is 2. The lowest BCUT2D eigenvalue weighted by Crippen LogP contribution is -2.14. The van der Waals surface area contributed by atoms with Gasteiger partial charge in [0.1, 0.15) is 0 Å². The number of benzene rings is 2. The van der Waals surface area contributed by atoms with E-state index in [2.05, 4.69) is 37.2 Å². The second-order valence-electron chi connectivity index (χ2n) is 4.14. The molecular weight excluding hydrogens is 372 g/mol. The zero-order valence-corrected chi connectivity index (χ0v) is 13.4. The molecule has 2 aromatic rings. The van der Waals surface area contributed by atoms with Crippen LogP contribution in [0.15, 0.2) is 45.3 Å². The SMILES string of the molecule is Cc1cc(Br)ccc1NC(=O)c1ccc(Br)cc1N. The Labute approximate surface area is 128 Å². The fourth-order valence-electron chi connectivity index (χ4n) is 1.70. The van der Waals surface area contributed by atoms with E-state index in [0.29, 0.717) is 11.3 Å². The van der Waals surface area contributed by atoms with Gasteiger partial charge in [-0.15, -0.1) is 0 Å². The van der Waals surface area contributed by atoms with Crippen molar-refractivity contribution < 1.29 is 4.79 Å². The fourth-order valence-corrected chi connectivity index (χ4v) is 2.55. The second-order valence-corrected chi connectivity index (χ2v) is 5.98. The minimum Gasteiger partial charge on any atom is -0.398 e. The van der Waals surface area contributed by atoms with Gasteiger partial charge in [0.2, 0.25) is 0 Å². The molecule has 0 unspecified atom stereocenters. The van der Waals surface area contributed by atoms with Crippen molar-refractivity contribution in [1.29, 1.82) is 0 Å². The van der Waals surface area contributed by atoms with Crippen LogP contribution in [0, 0.1) is 6.92 Å². The smallest absolute Gasteiger partial charge is 0.257 e. The molecule has 0 radical (unpaired) electrons. The molecule has 0 fully saturated rings. The number of rotatable bonds is 2. The Bertz CT molecular complexity index is 641. The third kappa shape index (κ3) is 3.36. The Balaban J connectivity index is 2.25. The molecular formula is C14H12Br2N2O. The van der Waals surface area contributed by atoms with Gasteiger partial charge in [0.25, 0.3) is 5.91 Å². The van der Waals surface area contributed by atoms with Gasteiger partial charge in [-0.3, -0.25) is 4.79 Å². The van der Waals surface area contributed by atoms with Crippen molar-refractivity contribution in [1.82, 2.24) is 0 Å². The van der Waals surface area contributed by atoms with Crippen molar-refractivity contribution >= 4 is 49.1 Å². The lowest BCUT2D eigenvalue weighted by molar-refractivity contribution is 0.102. The third-order valence-corrected chi connectivity index (χ3v) is 3.68. The largest absolute Gasteiger partial charge is 0.398 e. The quantitative estimate of drug-likeness (QED) is 0.757. The fraction of sp³-hybridized carbons (Fsp3) is 0.0714. The van der Waals surface area contributed by atoms with Gasteiger partial charge in [0, 0.05) is 20.3 Å². The van der Waals surface area contributed by atoms with E-state index in [1.54, 1.807) is 18.2 Å². The lowest BCUT2D eigenvalue weighted by Gasteiger charge is -2.10. The predicted molar refractivity (Wildman–Crippen MR) is 85.4 cm³/mol. The number of aryl methyl sites for hydroxylation is 1. The summed E-state index contributed by atoms with van der Waals surface area (Å²) in [5.41, 5.74) is 8.51. The maximum absolute atomic E-state index is 12.2. The Morgan fingerprint density at radius 3 is 2.37 bits per heavy atom. The van der Waals surface area contributed by atoms with Crippen molar-refractivity contribution in [3.05, 3.63) is 56.5 Å². The number of amides is 1. The molecule has 2 aromatic carbocycles. The number of halogens is 2. The first kappa shape index (κ1) is 14.1. The van der Waals surface area contributed by atoms with Crippen LogP contribution in [0.25, 0.3) is 0 Å². The minimum atomic E-state index is -0.213. The molecule has 2 rings (SSSR count). The lowest BCUT2D eigenvalue weighted by atomic mass is 10.1. The van der Waals surface area contributed by atoms with Crippen molar-refractivity contribution in [3.63, 3.8) is 0 Å². The van der Waals surface area contributed by atoms with Gasteiger partial charge in [-0.2, -0.15) is 0 Å². The molecule has 0 saturated heterocycles. The molecule has 0 aliphatic rings. The molecule has 0 heterocycles. The number of carbonyl (C=O) groups is 1. The van der Waals surface area contributed by atoms with Crippen LogP contribution >= 0.6 is 31.9 Å². The van der Waals surface area contributed by atoms with E-state index in [0.717, 1.165) is 20.2 Å². The summed E-state index contributed by atoms with van der Waals surface area (Å²) in [4.78, 5) is 12.2. The normalized spacial score (nSPS) is 10.3. The van der Waals surface area contributed by atoms with E-state index in [-0.39, 0.29) is 5.91 Å². The molecule has 0 aliphatic heterocycles. The van der Waals surface area contributed by atoms with Crippen LogP contribution in [0.1, 0.15) is 15.9 Å². The standard InChI is InChI=1S/C14H12Br2N2O/c1-8-6-9(15)3-5-13(8)18-14(19)11-4-2-10(16)7-12(11)17/h2-7H,17H2,1H3,(H,18,19). The molecule has 0 atom stereocenters. The van der Waals surface area contributed by atoms with Crippen LogP contribution in [0.2, 0.25) is 0 Å². The maximum Gasteiger partial charge on any atom is 0.257 e. The molecule has 0 aliphatic carbocycles. The third-order valence-electron chi connectivity index (χ3n) is 2.69. The summed E-state index contributed by atoms with van der Waals surface area (Å²) in [6.07, 6.45) is 0. The highest BCUT2D eigenvalue weighted by molar-refractivity contribution is 9.10. The summed E-state index contributed by atoms with van der Waals surface area (Å²) < 4.78 is 1.83. The average molecular weight is 384 g/mol. The zero-order chi connectivity index (χ0) is 14.0. The summed E-state index contributed by atoms with van der Waals surface area (Å²) >= 11 is 6.70. The van der Waals surface area contributed by atoms with Gasteiger partial charge in [0.15, 0.2) is 0 Å². The van der Waals surface area contributed by atoms with E-state index < -0.39 is 0 Å². The predicted octanol–water partition coefficient (Wildman–Crippen LogP) is 4.35. The minimum absolute atomic E-state index is 0.213. The van der Waals surface area contributed by atoms with E-state index in [1.807, 2.05) is 25.1 Å². The molecule has 0 aromatic heterocycles.